The highest BCUT2D eigenvalue weighted by Gasteiger charge is 2.25. The Kier molecular flexibility index (Phi) is 2.83. The predicted octanol–water partition coefficient (Wildman–Crippen LogP) is 2.49. The van der Waals surface area contributed by atoms with Crippen molar-refractivity contribution in [1.82, 2.24) is 9.97 Å². The SMILES string of the molecule is COC(C)c1nc2c([nH]1)CC(C)C(C)C2. The van der Waals surface area contributed by atoms with Crippen molar-refractivity contribution in [2.24, 2.45) is 11.8 Å². The fourth-order valence-corrected chi connectivity index (χ4v) is 2.14. The summed E-state index contributed by atoms with van der Waals surface area (Å²) in [6, 6.07) is 0. The van der Waals surface area contributed by atoms with E-state index in [0.717, 1.165) is 30.5 Å². The Morgan fingerprint density at radius 2 is 2.00 bits per heavy atom. The number of ether oxygens (including phenoxy) is 1. The smallest absolute Gasteiger partial charge is 0.135 e. The molecule has 0 aliphatic heterocycles. The second-order valence-electron chi connectivity index (χ2n) is 4.79. The monoisotopic (exact) mass is 208 g/mol. The number of aromatic nitrogens is 2. The number of hydrogen-bond acceptors (Lipinski definition) is 2. The summed E-state index contributed by atoms with van der Waals surface area (Å²) in [6.45, 7) is 6.65. The van der Waals surface area contributed by atoms with Gasteiger partial charge in [0, 0.05) is 12.8 Å². The van der Waals surface area contributed by atoms with Crippen molar-refractivity contribution in [1.29, 1.82) is 0 Å². The topological polar surface area (TPSA) is 37.9 Å². The maximum absolute atomic E-state index is 5.27. The fraction of sp³-hybridized carbons (Fsp3) is 0.750. The molecule has 1 aromatic heterocycles. The Bertz CT molecular complexity index is 318. The summed E-state index contributed by atoms with van der Waals surface area (Å²) < 4.78 is 5.27. The molecule has 0 fully saturated rings. The molecule has 0 aromatic carbocycles. The van der Waals surface area contributed by atoms with E-state index in [1.165, 1.54) is 11.4 Å². The van der Waals surface area contributed by atoms with Crippen molar-refractivity contribution in [2.45, 2.75) is 39.7 Å². The molecular weight excluding hydrogens is 188 g/mol. The molecule has 1 heterocycles. The van der Waals surface area contributed by atoms with Gasteiger partial charge in [-0.15, -0.1) is 0 Å². The average molecular weight is 208 g/mol. The largest absolute Gasteiger partial charge is 0.374 e. The highest BCUT2D eigenvalue weighted by Crippen LogP contribution is 2.29. The van der Waals surface area contributed by atoms with Crippen LogP contribution in [0.2, 0.25) is 0 Å². The molecule has 1 aliphatic rings. The van der Waals surface area contributed by atoms with Crippen LogP contribution in [0.3, 0.4) is 0 Å². The number of fused-ring (bicyclic) bond motifs is 1. The summed E-state index contributed by atoms with van der Waals surface area (Å²) in [5, 5.41) is 0. The molecule has 84 valence electrons. The van der Waals surface area contributed by atoms with Crippen LogP contribution < -0.4 is 0 Å². The van der Waals surface area contributed by atoms with Gasteiger partial charge in [-0.05, 0) is 31.6 Å². The van der Waals surface area contributed by atoms with Gasteiger partial charge in [-0.3, -0.25) is 0 Å². The first-order chi connectivity index (χ1) is 7.11. The molecular formula is C12H20N2O. The molecule has 1 aromatic rings. The Labute approximate surface area is 91.3 Å². The van der Waals surface area contributed by atoms with Crippen LogP contribution in [0.25, 0.3) is 0 Å². The molecule has 0 bridgehead atoms. The predicted molar refractivity (Wildman–Crippen MR) is 59.7 cm³/mol. The van der Waals surface area contributed by atoms with E-state index in [1.54, 1.807) is 7.11 Å². The number of methoxy groups -OCH3 is 1. The van der Waals surface area contributed by atoms with Gasteiger partial charge in [0.1, 0.15) is 11.9 Å². The Morgan fingerprint density at radius 1 is 1.33 bits per heavy atom. The lowest BCUT2D eigenvalue weighted by Gasteiger charge is -2.24. The minimum absolute atomic E-state index is 0.0706. The maximum atomic E-state index is 5.27. The van der Waals surface area contributed by atoms with Gasteiger partial charge in [-0.2, -0.15) is 0 Å². The minimum atomic E-state index is 0.0706. The van der Waals surface area contributed by atoms with E-state index < -0.39 is 0 Å². The van der Waals surface area contributed by atoms with Crippen LogP contribution in [-0.2, 0) is 17.6 Å². The van der Waals surface area contributed by atoms with Crippen molar-refractivity contribution in [2.75, 3.05) is 7.11 Å². The van der Waals surface area contributed by atoms with E-state index in [-0.39, 0.29) is 6.10 Å². The number of rotatable bonds is 2. The summed E-state index contributed by atoms with van der Waals surface area (Å²) in [6.07, 6.45) is 2.30. The van der Waals surface area contributed by atoms with E-state index in [4.69, 9.17) is 4.74 Å². The zero-order valence-corrected chi connectivity index (χ0v) is 10.0. The van der Waals surface area contributed by atoms with Crippen molar-refractivity contribution >= 4 is 0 Å². The highest BCUT2D eigenvalue weighted by molar-refractivity contribution is 5.20. The molecule has 0 saturated heterocycles. The summed E-state index contributed by atoms with van der Waals surface area (Å²) in [5.74, 6) is 2.47. The molecule has 0 spiro atoms. The molecule has 0 radical (unpaired) electrons. The summed E-state index contributed by atoms with van der Waals surface area (Å²) in [7, 11) is 1.72. The quantitative estimate of drug-likeness (QED) is 0.810. The van der Waals surface area contributed by atoms with E-state index in [2.05, 4.69) is 23.8 Å². The second-order valence-corrected chi connectivity index (χ2v) is 4.79. The van der Waals surface area contributed by atoms with Gasteiger partial charge in [0.2, 0.25) is 0 Å². The Balaban J connectivity index is 2.25. The summed E-state index contributed by atoms with van der Waals surface area (Å²) >= 11 is 0. The standard InChI is InChI=1S/C12H20N2O/c1-7-5-10-11(6-8(7)2)14-12(13-10)9(3)15-4/h7-9H,5-6H2,1-4H3,(H,13,14). The van der Waals surface area contributed by atoms with Crippen molar-refractivity contribution in [3.63, 3.8) is 0 Å². The first-order valence-corrected chi connectivity index (χ1v) is 5.72. The number of nitrogens with one attached hydrogen (secondary N) is 1. The fourth-order valence-electron chi connectivity index (χ4n) is 2.14. The molecule has 0 amide bonds. The second kappa shape index (κ2) is 3.97. The third kappa shape index (κ3) is 1.93. The molecule has 15 heavy (non-hydrogen) atoms. The molecule has 1 aliphatic carbocycles. The first-order valence-electron chi connectivity index (χ1n) is 5.72. The van der Waals surface area contributed by atoms with E-state index >= 15 is 0 Å². The van der Waals surface area contributed by atoms with Gasteiger partial charge in [-0.25, -0.2) is 4.98 Å². The third-order valence-corrected chi connectivity index (χ3v) is 3.63. The molecule has 3 atom stereocenters. The van der Waals surface area contributed by atoms with Gasteiger partial charge < -0.3 is 9.72 Å². The molecule has 3 unspecified atom stereocenters. The number of nitrogens with zero attached hydrogens (tertiary/aromatic N) is 1. The normalized spacial score (nSPS) is 27.5. The van der Waals surface area contributed by atoms with Crippen molar-refractivity contribution in [3.8, 4) is 0 Å². The van der Waals surface area contributed by atoms with Gasteiger partial charge >= 0.3 is 0 Å². The van der Waals surface area contributed by atoms with Gasteiger partial charge in [0.15, 0.2) is 0 Å². The zero-order valence-electron chi connectivity index (χ0n) is 10.0. The summed E-state index contributed by atoms with van der Waals surface area (Å²) in [4.78, 5) is 8.02. The third-order valence-electron chi connectivity index (χ3n) is 3.63. The highest BCUT2D eigenvalue weighted by atomic mass is 16.5. The first kappa shape index (κ1) is 10.7. The molecule has 0 saturated carbocycles. The van der Waals surface area contributed by atoms with Crippen LogP contribution in [0.4, 0.5) is 0 Å². The lowest BCUT2D eigenvalue weighted by molar-refractivity contribution is 0.112. The van der Waals surface area contributed by atoms with Gasteiger partial charge in [0.05, 0.1) is 5.69 Å². The average Bonchev–Trinajstić information content (AvgIpc) is 2.60. The number of imidazole rings is 1. The van der Waals surface area contributed by atoms with Gasteiger partial charge in [0.25, 0.3) is 0 Å². The van der Waals surface area contributed by atoms with E-state index in [1.807, 2.05) is 6.92 Å². The molecule has 2 rings (SSSR count). The zero-order chi connectivity index (χ0) is 11.0. The number of aromatic amines is 1. The lowest BCUT2D eigenvalue weighted by Crippen LogP contribution is -2.20. The van der Waals surface area contributed by atoms with Crippen LogP contribution in [0, 0.1) is 11.8 Å². The maximum Gasteiger partial charge on any atom is 0.135 e. The van der Waals surface area contributed by atoms with Crippen molar-refractivity contribution < 1.29 is 4.74 Å². The number of H-pyrrole nitrogens is 1. The minimum Gasteiger partial charge on any atom is -0.374 e. The van der Waals surface area contributed by atoms with Crippen LogP contribution in [0.5, 0.6) is 0 Å². The number of hydrogen-bond donors (Lipinski definition) is 1. The van der Waals surface area contributed by atoms with Crippen LogP contribution in [0.15, 0.2) is 0 Å². The molecule has 3 nitrogen and oxygen atoms in total. The van der Waals surface area contributed by atoms with Gasteiger partial charge in [-0.1, -0.05) is 13.8 Å². The Hall–Kier alpha value is -0.830. The van der Waals surface area contributed by atoms with E-state index in [9.17, 15) is 0 Å². The van der Waals surface area contributed by atoms with Crippen LogP contribution >= 0.6 is 0 Å². The Morgan fingerprint density at radius 3 is 2.67 bits per heavy atom. The molecule has 1 N–H and O–H groups in total. The lowest BCUT2D eigenvalue weighted by atomic mass is 9.82. The molecule has 3 heteroatoms. The van der Waals surface area contributed by atoms with Crippen LogP contribution in [-0.4, -0.2) is 17.1 Å². The van der Waals surface area contributed by atoms with Crippen LogP contribution in [0.1, 0.15) is 44.1 Å². The summed E-state index contributed by atoms with van der Waals surface area (Å²) in [5.41, 5.74) is 2.57. The van der Waals surface area contributed by atoms with E-state index in [0.29, 0.717) is 0 Å². The van der Waals surface area contributed by atoms with Crippen molar-refractivity contribution in [3.05, 3.63) is 17.2 Å².